The number of amides is 1. The predicted molar refractivity (Wildman–Crippen MR) is 74.0 cm³/mol. The van der Waals surface area contributed by atoms with Crippen LogP contribution in [0.15, 0.2) is 36.2 Å². The summed E-state index contributed by atoms with van der Waals surface area (Å²) in [5, 5.41) is 6.21. The topological polar surface area (TPSA) is 69.8 Å². The van der Waals surface area contributed by atoms with Gasteiger partial charge in [0.25, 0.3) is 5.91 Å². The summed E-state index contributed by atoms with van der Waals surface area (Å²) in [6.45, 7) is 2.51. The Labute approximate surface area is 111 Å². The second-order valence-corrected chi connectivity index (χ2v) is 4.63. The predicted octanol–water partition coefficient (Wildman–Crippen LogP) is 1.21. The molecule has 0 fully saturated rings. The molecule has 0 spiro atoms. The first-order valence-electron chi connectivity index (χ1n) is 6.43. The van der Waals surface area contributed by atoms with Crippen molar-refractivity contribution in [2.45, 2.75) is 6.42 Å². The summed E-state index contributed by atoms with van der Waals surface area (Å²) in [6, 6.07) is 5.48. The lowest BCUT2D eigenvalue weighted by Gasteiger charge is -2.14. The van der Waals surface area contributed by atoms with Gasteiger partial charge in [0.1, 0.15) is 0 Å². The van der Waals surface area contributed by atoms with E-state index in [1.807, 2.05) is 12.1 Å². The van der Waals surface area contributed by atoms with Gasteiger partial charge in [-0.15, -0.1) is 0 Å². The van der Waals surface area contributed by atoms with E-state index in [4.69, 9.17) is 0 Å². The summed E-state index contributed by atoms with van der Waals surface area (Å²) >= 11 is 0. The highest BCUT2D eigenvalue weighted by Gasteiger charge is 2.09. The molecule has 0 radical (unpaired) electrons. The quantitative estimate of drug-likeness (QED) is 0.723. The number of imidazole rings is 1. The maximum absolute atomic E-state index is 12.1. The molecule has 5 nitrogen and oxygen atoms in total. The first kappa shape index (κ1) is 11.9. The van der Waals surface area contributed by atoms with E-state index in [9.17, 15) is 4.79 Å². The maximum Gasteiger partial charge on any atom is 0.251 e. The van der Waals surface area contributed by atoms with E-state index in [1.54, 1.807) is 12.4 Å². The van der Waals surface area contributed by atoms with Crippen LogP contribution in [0, 0.1) is 0 Å². The molecule has 1 aromatic heterocycles. The fourth-order valence-corrected chi connectivity index (χ4v) is 2.20. The second-order valence-electron chi connectivity index (χ2n) is 4.63. The van der Waals surface area contributed by atoms with E-state index in [1.165, 1.54) is 5.57 Å². The van der Waals surface area contributed by atoms with Gasteiger partial charge in [-0.25, -0.2) is 4.98 Å². The highest BCUT2D eigenvalue weighted by molar-refractivity contribution is 5.97. The fourth-order valence-electron chi connectivity index (χ4n) is 2.20. The van der Waals surface area contributed by atoms with Crippen LogP contribution in [0.3, 0.4) is 0 Å². The molecule has 0 saturated carbocycles. The average molecular weight is 256 g/mol. The minimum Gasteiger partial charge on any atom is -0.348 e. The molecule has 3 N–H and O–H groups in total. The Balaban J connectivity index is 1.67. The number of nitrogens with zero attached hydrogens (tertiary/aromatic N) is 1. The summed E-state index contributed by atoms with van der Waals surface area (Å²) < 4.78 is 0. The summed E-state index contributed by atoms with van der Waals surface area (Å²) in [4.78, 5) is 19.2. The van der Waals surface area contributed by atoms with E-state index in [0.29, 0.717) is 12.1 Å². The lowest BCUT2D eigenvalue weighted by molar-refractivity contribution is 0.0956. The van der Waals surface area contributed by atoms with Gasteiger partial charge in [0.15, 0.2) is 0 Å². The van der Waals surface area contributed by atoms with Crippen molar-refractivity contribution in [3.05, 3.63) is 41.7 Å². The largest absolute Gasteiger partial charge is 0.348 e. The number of H-pyrrole nitrogens is 1. The minimum atomic E-state index is -0.0454. The van der Waals surface area contributed by atoms with Gasteiger partial charge in [-0.05, 0) is 31.2 Å². The van der Waals surface area contributed by atoms with Crippen LogP contribution in [0.1, 0.15) is 16.8 Å². The molecular weight excluding hydrogens is 240 g/mol. The molecule has 0 saturated heterocycles. The Morgan fingerprint density at radius 3 is 3.21 bits per heavy atom. The van der Waals surface area contributed by atoms with Gasteiger partial charge in [-0.2, -0.15) is 0 Å². The van der Waals surface area contributed by atoms with Crippen molar-refractivity contribution in [2.75, 3.05) is 19.6 Å². The SMILES string of the molecule is O=C(NCC1=CCNCC1)c1ccc2nc[nH]c2c1. The van der Waals surface area contributed by atoms with Gasteiger partial charge >= 0.3 is 0 Å². The zero-order valence-electron chi connectivity index (χ0n) is 10.6. The number of aromatic amines is 1. The lowest BCUT2D eigenvalue weighted by Crippen LogP contribution is -2.29. The number of rotatable bonds is 3. The number of carbonyl (C=O) groups excluding carboxylic acids is 1. The van der Waals surface area contributed by atoms with Crippen molar-refractivity contribution in [1.82, 2.24) is 20.6 Å². The van der Waals surface area contributed by atoms with E-state index in [0.717, 1.165) is 30.5 Å². The van der Waals surface area contributed by atoms with Crippen molar-refractivity contribution < 1.29 is 4.79 Å². The normalized spacial score (nSPS) is 15.3. The Hall–Kier alpha value is -2.14. The molecule has 1 aliphatic rings. The number of benzene rings is 1. The van der Waals surface area contributed by atoms with Crippen LogP contribution in [0.5, 0.6) is 0 Å². The number of hydrogen-bond acceptors (Lipinski definition) is 3. The standard InChI is InChI=1S/C14H16N4O/c19-14(16-8-10-3-5-15-6-4-10)11-1-2-12-13(7-11)18-9-17-12/h1-3,7,9,15H,4-6,8H2,(H,16,19)(H,17,18). The van der Waals surface area contributed by atoms with Crippen LogP contribution in [0.25, 0.3) is 11.0 Å². The van der Waals surface area contributed by atoms with Gasteiger partial charge in [0.05, 0.1) is 17.4 Å². The fraction of sp³-hybridized carbons (Fsp3) is 0.286. The van der Waals surface area contributed by atoms with Crippen molar-refractivity contribution in [3.63, 3.8) is 0 Å². The highest BCUT2D eigenvalue weighted by Crippen LogP contribution is 2.11. The van der Waals surface area contributed by atoms with Gasteiger partial charge in [-0.3, -0.25) is 4.79 Å². The molecule has 2 aromatic rings. The highest BCUT2D eigenvalue weighted by atomic mass is 16.1. The molecule has 1 aromatic carbocycles. The molecule has 0 unspecified atom stereocenters. The molecule has 5 heteroatoms. The summed E-state index contributed by atoms with van der Waals surface area (Å²) in [6.07, 6.45) is 4.77. The first-order chi connectivity index (χ1) is 9.33. The lowest BCUT2D eigenvalue weighted by atomic mass is 10.1. The van der Waals surface area contributed by atoms with Crippen molar-refractivity contribution in [3.8, 4) is 0 Å². The third kappa shape index (κ3) is 2.66. The number of hydrogen-bond donors (Lipinski definition) is 3. The van der Waals surface area contributed by atoms with Crippen LogP contribution in [-0.4, -0.2) is 35.5 Å². The Morgan fingerprint density at radius 1 is 1.42 bits per heavy atom. The minimum absolute atomic E-state index is 0.0454. The molecule has 19 heavy (non-hydrogen) atoms. The van der Waals surface area contributed by atoms with Gasteiger partial charge in [0, 0.05) is 18.7 Å². The van der Waals surface area contributed by atoms with Crippen molar-refractivity contribution in [2.24, 2.45) is 0 Å². The average Bonchev–Trinajstić information content (AvgIpc) is 2.93. The monoisotopic (exact) mass is 256 g/mol. The number of fused-ring (bicyclic) bond motifs is 1. The van der Waals surface area contributed by atoms with E-state index in [2.05, 4.69) is 26.7 Å². The van der Waals surface area contributed by atoms with E-state index < -0.39 is 0 Å². The zero-order valence-corrected chi connectivity index (χ0v) is 10.6. The molecule has 1 aliphatic heterocycles. The maximum atomic E-state index is 12.1. The van der Waals surface area contributed by atoms with E-state index >= 15 is 0 Å². The Kier molecular flexibility index (Phi) is 3.29. The molecule has 2 heterocycles. The summed E-state index contributed by atoms with van der Waals surface area (Å²) in [7, 11) is 0. The molecule has 0 bridgehead atoms. The van der Waals surface area contributed by atoms with Gasteiger partial charge < -0.3 is 15.6 Å². The molecule has 0 aliphatic carbocycles. The van der Waals surface area contributed by atoms with Crippen molar-refractivity contribution in [1.29, 1.82) is 0 Å². The number of nitrogens with one attached hydrogen (secondary N) is 3. The third-order valence-corrected chi connectivity index (χ3v) is 3.32. The van der Waals surface area contributed by atoms with E-state index in [-0.39, 0.29) is 5.91 Å². The van der Waals surface area contributed by atoms with Gasteiger partial charge in [-0.1, -0.05) is 11.6 Å². The second kappa shape index (κ2) is 5.24. The zero-order chi connectivity index (χ0) is 13.1. The van der Waals surface area contributed by atoms with Crippen LogP contribution < -0.4 is 10.6 Å². The molecule has 1 amide bonds. The molecule has 98 valence electrons. The molecule has 0 atom stereocenters. The van der Waals surface area contributed by atoms with Crippen LogP contribution in [0.2, 0.25) is 0 Å². The van der Waals surface area contributed by atoms with Crippen LogP contribution in [0.4, 0.5) is 0 Å². The summed E-state index contributed by atoms with van der Waals surface area (Å²) in [5.41, 5.74) is 3.70. The first-order valence-corrected chi connectivity index (χ1v) is 6.43. The molecule has 3 rings (SSSR count). The Morgan fingerprint density at radius 2 is 2.37 bits per heavy atom. The smallest absolute Gasteiger partial charge is 0.251 e. The van der Waals surface area contributed by atoms with Crippen LogP contribution in [-0.2, 0) is 0 Å². The van der Waals surface area contributed by atoms with Crippen LogP contribution >= 0.6 is 0 Å². The van der Waals surface area contributed by atoms with Gasteiger partial charge in [0.2, 0.25) is 0 Å². The van der Waals surface area contributed by atoms with Crippen molar-refractivity contribution >= 4 is 16.9 Å². The number of aromatic nitrogens is 2. The Bertz CT molecular complexity index is 629. The third-order valence-electron chi connectivity index (χ3n) is 3.32. The molecular formula is C14H16N4O. The number of carbonyl (C=O) groups is 1. The summed E-state index contributed by atoms with van der Waals surface area (Å²) in [5.74, 6) is -0.0454.